The molecule has 0 aliphatic heterocycles. The number of aromatic nitrogens is 5. The summed E-state index contributed by atoms with van der Waals surface area (Å²) in [7, 11) is 1.98. The van der Waals surface area contributed by atoms with Crippen molar-refractivity contribution < 1.29 is 0 Å². The van der Waals surface area contributed by atoms with Crippen LogP contribution in [0.25, 0.3) is 11.0 Å². The lowest BCUT2D eigenvalue weighted by Gasteiger charge is -2.08. The summed E-state index contributed by atoms with van der Waals surface area (Å²) in [4.78, 5) is 8.60. The Labute approximate surface area is 117 Å². The molecule has 0 aromatic carbocycles. The zero-order valence-corrected chi connectivity index (χ0v) is 11.9. The molecule has 3 aromatic rings. The number of rotatable bonds is 4. The van der Waals surface area contributed by atoms with Crippen molar-refractivity contribution in [3.8, 4) is 0 Å². The molecule has 3 rings (SSSR count). The van der Waals surface area contributed by atoms with E-state index in [9.17, 15) is 0 Å². The standard InChI is InChI=1S/C14H18N6/c1-10(2)20-14-11(5-18-20)4-12(6-17-14)16-8-13-7-15-9-19(13)3/h4-7,9-10,16H,8H2,1-3H3. The van der Waals surface area contributed by atoms with Crippen molar-refractivity contribution in [2.75, 3.05) is 5.32 Å². The monoisotopic (exact) mass is 270 g/mol. The van der Waals surface area contributed by atoms with Gasteiger partial charge in [0.05, 0.1) is 36.6 Å². The molecule has 0 unspecified atom stereocenters. The van der Waals surface area contributed by atoms with Gasteiger partial charge in [0.15, 0.2) is 5.65 Å². The van der Waals surface area contributed by atoms with Gasteiger partial charge < -0.3 is 9.88 Å². The van der Waals surface area contributed by atoms with Crippen molar-refractivity contribution in [1.82, 2.24) is 24.3 Å². The summed E-state index contributed by atoms with van der Waals surface area (Å²) in [6, 6.07) is 2.39. The van der Waals surface area contributed by atoms with E-state index in [-0.39, 0.29) is 0 Å². The smallest absolute Gasteiger partial charge is 0.158 e. The van der Waals surface area contributed by atoms with Crippen LogP contribution in [0.15, 0.2) is 31.0 Å². The van der Waals surface area contributed by atoms with Crippen LogP contribution in [-0.2, 0) is 13.6 Å². The fraction of sp³-hybridized carbons (Fsp3) is 0.357. The van der Waals surface area contributed by atoms with Crippen molar-refractivity contribution in [2.24, 2.45) is 7.05 Å². The molecule has 3 heterocycles. The Kier molecular flexibility index (Phi) is 3.14. The fourth-order valence-electron chi connectivity index (χ4n) is 2.16. The van der Waals surface area contributed by atoms with Gasteiger partial charge in [0.2, 0.25) is 0 Å². The number of aryl methyl sites for hydroxylation is 1. The van der Waals surface area contributed by atoms with Crippen LogP contribution in [0.4, 0.5) is 5.69 Å². The molecule has 0 saturated carbocycles. The van der Waals surface area contributed by atoms with E-state index in [1.54, 1.807) is 6.33 Å². The van der Waals surface area contributed by atoms with Crippen LogP contribution >= 0.6 is 0 Å². The molecule has 0 radical (unpaired) electrons. The highest BCUT2D eigenvalue weighted by atomic mass is 15.3. The number of hydrogen-bond acceptors (Lipinski definition) is 4. The first-order valence-electron chi connectivity index (χ1n) is 6.67. The van der Waals surface area contributed by atoms with E-state index in [1.165, 1.54) is 0 Å². The molecule has 20 heavy (non-hydrogen) atoms. The van der Waals surface area contributed by atoms with Gasteiger partial charge in [-0.1, -0.05) is 0 Å². The van der Waals surface area contributed by atoms with Gasteiger partial charge in [-0.15, -0.1) is 0 Å². The third-order valence-electron chi connectivity index (χ3n) is 3.31. The van der Waals surface area contributed by atoms with Crippen molar-refractivity contribution in [1.29, 1.82) is 0 Å². The molecule has 0 saturated heterocycles. The van der Waals surface area contributed by atoms with Crippen LogP contribution in [-0.4, -0.2) is 24.3 Å². The Morgan fingerprint density at radius 2 is 2.10 bits per heavy atom. The van der Waals surface area contributed by atoms with E-state index < -0.39 is 0 Å². The molecular weight excluding hydrogens is 252 g/mol. The summed E-state index contributed by atoms with van der Waals surface area (Å²) in [6.07, 6.45) is 7.36. The van der Waals surface area contributed by atoms with Gasteiger partial charge in [-0.25, -0.2) is 14.6 Å². The normalized spacial score (nSPS) is 11.4. The first-order valence-corrected chi connectivity index (χ1v) is 6.67. The SMILES string of the molecule is CC(C)n1ncc2cc(NCc3cncn3C)cnc21. The average molecular weight is 270 g/mol. The second kappa shape index (κ2) is 4.96. The lowest BCUT2D eigenvalue weighted by molar-refractivity contribution is 0.546. The molecule has 0 aliphatic carbocycles. The fourth-order valence-corrected chi connectivity index (χ4v) is 2.16. The molecule has 3 aromatic heterocycles. The van der Waals surface area contributed by atoms with Crippen LogP contribution < -0.4 is 5.32 Å². The molecule has 104 valence electrons. The maximum Gasteiger partial charge on any atom is 0.158 e. The lowest BCUT2D eigenvalue weighted by atomic mass is 10.3. The van der Waals surface area contributed by atoms with Gasteiger partial charge in [0.25, 0.3) is 0 Å². The molecule has 0 fully saturated rings. The van der Waals surface area contributed by atoms with Crippen molar-refractivity contribution in [3.63, 3.8) is 0 Å². The first-order chi connectivity index (χ1) is 9.65. The molecule has 0 aliphatic rings. The average Bonchev–Trinajstić information content (AvgIpc) is 3.02. The minimum Gasteiger partial charge on any atom is -0.378 e. The Balaban J connectivity index is 1.81. The molecule has 0 amide bonds. The maximum absolute atomic E-state index is 4.50. The van der Waals surface area contributed by atoms with E-state index in [0.29, 0.717) is 6.04 Å². The number of fused-ring (bicyclic) bond motifs is 1. The first kappa shape index (κ1) is 12.7. The highest BCUT2D eigenvalue weighted by molar-refractivity contribution is 5.78. The molecule has 6 heteroatoms. The van der Waals surface area contributed by atoms with Crippen LogP contribution in [0.3, 0.4) is 0 Å². The molecule has 0 spiro atoms. The Morgan fingerprint density at radius 1 is 1.25 bits per heavy atom. The molecule has 0 atom stereocenters. The van der Waals surface area contributed by atoms with Gasteiger partial charge in [-0.2, -0.15) is 5.10 Å². The highest BCUT2D eigenvalue weighted by Gasteiger charge is 2.07. The van der Waals surface area contributed by atoms with E-state index in [4.69, 9.17) is 0 Å². The lowest BCUT2D eigenvalue weighted by Crippen LogP contribution is -2.05. The third-order valence-corrected chi connectivity index (χ3v) is 3.31. The van der Waals surface area contributed by atoms with E-state index in [1.807, 2.05) is 34.9 Å². The third kappa shape index (κ3) is 2.24. The van der Waals surface area contributed by atoms with Crippen LogP contribution in [0, 0.1) is 0 Å². The molecular formula is C14H18N6. The molecule has 6 nitrogen and oxygen atoms in total. The summed E-state index contributed by atoms with van der Waals surface area (Å²) in [5.41, 5.74) is 3.04. The minimum atomic E-state index is 0.313. The number of hydrogen-bond donors (Lipinski definition) is 1. The van der Waals surface area contributed by atoms with Gasteiger partial charge in [-0.05, 0) is 19.9 Å². The number of imidazole rings is 1. The van der Waals surface area contributed by atoms with Crippen LogP contribution in [0.1, 0.15) is 25.6 Å². The van der Waals surface area contributed by atoms with Gasteiger partial charge >= 0.3 is 0 Å². The summed E-state index contributed by atoms with van der Waals surface area (Å²) >= 11 is 0. The van der Waals surface area contributed by atoms with Gasteiger partial charge in [0.1, 0.15) is 0 Å². The maximum atomic E-state index is 4.50. The Morgan fingerprint density at radius 3 is 2.80 bits per heavy atom. The Bertz CT molecular complexity index is 724. The summed E-state index contributed by atoms with van der Waals surface area (Å²) in [5, 5.41) is 8.78. The summed E-state index contributed by atoms with van der Waals surface area (Å²) in [5.74, 6) is 0. The number of nitrogens with one attached hydrogen (secondary N) is 1. The predicted molar refractivity (Wildman–Crippen MR) is 78.4 cm³/mol. The predicted octanol–water partition coefficient (Wildman–Crippen LogP) is 2.36. The van der Waals surface area contributed by atoms with Gasteiger partial charge in [-0.3, -0.25) is 0 Å². The summed E-state index contributed by atoms with van der Waals surface area (Å²) < 4.78 is 3.93. The van der Waals surface area contributed by atoms with E-state index in [2.05, 4.69) is 40.3 Å². The van der Waals surface area contributed by atoms with E-state index in [0.717, 1.165) is 29.0 Å². The molecule has 1 N–H and O–H groups in total. The number of anilines is 1. The van der Waals surface area contributed by atoms with Crippen molar-refractivity contribution in [3.05, 3.63) is 36.7 Å². The second-order valence-electron chi connectivity index (χ2n) is 5.17. The topological polar surface area (TPSA) is 60.6 Å². The number of pyridine rings is 1. The second-order valence-corrected chi connectivity index (χ2v) is 5.17. The quantitative estimate of drug-likeness (QED) is 0.790. The Hall–Kier alpha value is -2.37. The van der Waals surface area contributed by atoms with E-state index >= 15 is 0 Å². The van der Waals surface area contributed by atoms with Crippen molar-refractivity contribution in [2.45, 2.75) is 26.4 Å². The number of nitrogens with zero attached hydrogens (tertiary/aromatic N) is 5. The van der Waals surface area contributed by atoms with Crippen LogP contribution in [0.2, 0.25) is 0 Å². The largest absolute Gasteiger partial charge is 0.378 e. The zero-order chi connectivity index (χ0) is 14.1. The zero-order valence-electron chi connectivity index (χ0n) is 11.9. The minimum absolute atomic E-state index is 0.313. The summed E-state index contributed by atoms with van der Waals surface area (Å²) in [6.45, 7) is 4.92. The highest BCUT2D eigenvalue weighted by Crippen LogP contribution is 2.19. The van der Waals surface area contributed by atoms with Crippen molar-refractivity contribution >= 4 is 16.7 Å². The van der Waals surface area contributed by atoms with Gasteiger partial charge in [0, 0.05) is 24.7 Å². The molecule has 0 bridgehead atoms. The van der Waals surface area contributed by atoms with Crippen LogP contribution in [0.5, 0.6) is 0 Å².